The minimum Gasteiger partial charge on any atom is -0.505 e. The second-order valence-electron chi connectivity index (χ2n) is 9.23. The SMILES string of the molecule is CCC(=O)C(=O)OCCCOC(=O)CCc1cc(-n2nc3ccccc3n2)c(O)c(C(C)(C)C)c1. The minimum absolute atomic E-state index is 0.0132. The van der Waals surface area contributed by atoms with Crippen LogP contribution in [-0.4, -0.2) is 51.0 Å². The van der Waals surface area contributed by atoms with Crippen LogP contribution in [0.1, 0.15) is 58.1 Å². The summed E-state index contributed by atoms with van der Waals surface area (Å²) in [6.07, 6.45) is 0.938. The molecule has 0 fully saturated rings. The van der Waals surface area contributed by atoms with E-state index in [4.69, 9.17) is 9.47 Å². The molecule has 0 aliphatic carbocycles. The summed E-state index contributed by atoms with van der Waals surface area (Å²) in [6.45, 7) is 7.68. The predicted molar refractivity (Wildman–Crippen MR) is 129 cm³/mol. The van der Waals surface area contributed by atoms with Crippen molar-refractivity contribution in [3.63, 3.8) is 0 Å². The van der Waals surface area contributed by atoms with Crippen LogP contribution in [0.2, 0.25) is 0 Å². The fourth-order valence-corrected chi connectivity index (χ4v) is 3.47. The van der Waals surface area contributed by atoms with Gasteiger partial charge in [-0.2, -0.15) is 0 Å². The number of benzene rings is 2. The number of rotatable bonds is 10. The van der Waals surface area contributed by atoms with E-state index < -0.39 is 17.7 Å². The molecule has 186 valence electrons. The molecule has 0 unspecified atom stereocenters. The van der Waals surface area contributed by atoms with Gasteiger partial charge >= 0.3 is 11.9 Å². The highest BCUT2D eigenvalue weighted by molar-refractivity contribution is 6.33. The molecule has 0 spiro atoms. The van der Waals surface area contributed by atoms with Gasteiger partial charge in [-0.25, -0.2) is 4.79 Å². The van der Waals surface area contributed by atoms with Crippen molar-refractivity contribution in [1.82, 2.24) is 15.0 Å². The molecular weight excluding hydrogens is 450 g/mol. The van der Waals surface area contributed by atoms with E-state index in [9.17, 15) is 19.5 Å². The van der Waals surface area contributed by atoms with Gasteiger partial charge in [0.1, 0.15) is 22.5 Å². The van der Waals surface area contributed by atoms with Gasteiger partial charge in [-0.15, -0.1) is 15.0 Å². The van der Waals surface area contributed by atoms with Crippen LogP contribution in [0.3, 0.4) is 0 Å². The molecule has 3 rings (SSSR count). The van der Waals surface area contributed by atoms with Crippen molar-refractivity contribution in [3.8, 4) is 11.4 Å². The predicted octanol–water partition coefficient (Wildman–Crippen LogP) is 3.81. The number of hydrogen-bond donors (Lipinski definition) is 1. The van der Waals surface area contributed by atoms with Gasteiger partial charge in [0.2, 0.25) is 5.78 Å². The van der Waals surface area contributed by atoms with Crippen molar-refractivity contribution in [1.29, 1.82) is 0 Å². The molecule has 0 saturated heterocycles. The van der Waals surface area contributed by atoms with E-state index >= 15 is 0 Å². The first-order valence-corrected chi connectivity index (χ1v) is 11.6. The number of fused-ring (bicyclic) bond motifs is 1. The van der Waals surface area contributed by atoms with E-state index in [1.165, 1.54) is 4.80 Å². The number of phenols is 1. The summed E-state index contributed by atoms with van der Waals surface area (Å²) in [5, 5.41) is 20.0. The van der Waals surface area contributed by atoms with Crippen LogP contribution < -0.4 is 0 Å². The molecule has 9 nitrogen and oxygen atoms in total. The van der Waals surface area contributed by atoms with Crippen molar-refractivity contribution in [2.75, 3.05) is 13.2 Å². The van der Waals surface area contributed by atoms with Crippen molar-refractivity contribution < 1.29 is 29.0 Å². The fraction of sp³-hybridized carbons (Fsp3) is 0.423. The van der Waals surface area contributed by atoms with Gasteiger partial charge in [0.05, 0.1) is 13.2 Å². The number of ether oxygens (including phenoxy) is 2. The normalized spacial score (nSPS) is 11.4. The highest BCUT2D eigenvalue weighted by atomic mass is 16.5. The summed E-state index contributed by atoms with van der Waals surface area (Å²) in [4.78, 5) is 36.2. The van der Waals surface area contributed by atoms with E-state index in [0.717, 1.165) is 11.1 Å². The Morgan fingerprint density at radius 1 is 1.00 bits per heavy atom. The summed E-state index contributed by atoms with van der Waals surface area (Å²) < 4.78 is 10.0. The lowest BCUT2D eigenvalue weighted by molar-refractivity contribution is -0.154. The van der Waals surface area contributed by atoms with E-state index in [1.54, 1.807) is 13.0 Å². The molecule has 0 bridgehead atoms. The lowest BCUT2D eigenvalue weighted by Gasteiger charge is -2.23. The number of aromatic nitrogens is 3. The van der Waals surface area contributed by atoms with E-state index in [-0.39, 0.29) is 37.2 Å². The number of hydrogen-bond acceptors (Lipinski definition) is 8. The number of ketones is 1. The molecule has 1 N–H and O–H groups in total. The molecule has 0 atom stereocenters. The summed E-state index contributed by atoms with van der Waals surface area (Å²) in [5.74, 6) is -1.74. The van der Waals surface area contributed by atoms with Crippen molar-refractivity contribution >= 4 is 28.8 Å². The standard InChI is InChI=1S/C26H31N3O6/c1-5-22(30)25(33)35-14-8-13-34-23(31)12-11-17-15-18(26(2,3)4)24(32)21(16-17)29-27-19-9-6-7-10-20(19)28-29/h6-7,9-10,15-16,32H,5,8,11-14H2,1-4H3. The lowest BCUT2D eigenvalue weighted by Crippen LogP contribution is -2.18. The Bertz CT molecular complexity index is 1190. The zero-order chi connectivity index (χ0) is 25.6. The summed E-state index contributed by atoms with van der Waals surface area (Å²) >= 11 is 0. The van der Waals surface area contributed by atoms with E-state index in [0.29, 0.717) is 29.6 Å². The third-order valence-corrected chi connectivity index (χ3v) is 5.41. The number of aromatic hydroxyl groups is 1. The van der Waals surface area contributed by atoms with E-state index in [2.05, 4.69) is 10.2 Å². The van der Waals surface area contributed by atoms with Crippen LogP contribution in [0.4, 0.5) is 0 Å². The third-order valence-electron chi connectivity index (χ3n) is 5.41. The van der Waals surface area contributed by atoms with Crippen LogP contribution in [0.25, 0.3) is 16.7 Å². The first-order valence-electron chi connectivity index (χ1n) is 11.6. The fourth-order valence-electron chi connectivity index (χ4n) is 3.47. The Kier molecular flexibility index (Phi) is 8.22. The number of carbonyl (C=O) groups excluding carboxylic acids is 3. The number of aryl methyl sites for hydroxylation is 1. The maximum atomic E-state index is 12.2. The molecule has 0 amide bonds. The molecule has 2 aromatic carbocycles. The molecule has 1 aromatic heterocycles. The van der Waals surface area contributed by atoms with Gasteiger partial charge in [-0.3, -0.25) is 9.59 Å². The second kappa shape index (κ2) is 11.1. The average molecular weight is 482 g/mol. The second-order valence-corrected chi connectivity index (χ2v) is 9.23. The Morgan fingerprint density at radius 3 is 2.23 bits per heavy atom. The summed E-state index contributed by atoms with van der Waals surface area (Å²) in [5.41, 5.74) is 3.08. The van der Waals surface area contributed by atoms with Crippen LogP contribution in [0.5, 0.6) is 5.75 Å². The van der Waals surface area contributed by atoms with Crippen LogP contribution in [0, 0.1) is 0 Å². The molecule has 0 radical (unpaired) electrons. The van der Waals surface area contributed by atoms with Crippen LogP contribution in [0.15, 0.2) is 36.4 Å². The highest BCUT2D eigenvalue weighted by Crippen LogP contribution is 2.36. The van der Waals surface area contributed by atoms with Gasteiger partial charge in [-0.05, 0) is 35.6 Å². The van der Waals surface area contributed by atoms with E-state index in [1.807, 2.05) is 51.1 Å². The monoisotopic (exact) mass is 481 g/mol. The zero-order valence-corrected chi connectivity index (χ0v) is 20.5. The molecule has 0 aliphatic rings. The zero-order valence-electron chi connectivity index (χ0n) is 20.5. The summed E-state index contributed by atoms with van der Waals surface area (Å²) in [6, 6.07) is 11.1. The smallest absolute Gasteiger partial charge is 0.374 e. The van der Waals surface area contributed by atoms with Gasteiger partial charge in [-0.1, -0.05) is 45.9 Å². The third kappa shape index (κ3) is 6.65. The quantitative estimate of drug-likeness (QED) is 0.264. The number of phenolic OH excluding ortho intramolecular Hbond substituents is 1. The molecule has 0 aliphatic heterocycles. The van der Waals surface area contributed by atoms with Gasteiger partial charge < -0.3 is 14.6 Å². The number of carbonyl (C=O) groups is 3. The molecule has 0 saturated carbocycles. The van der Waals surface area contributed by atoms with Crippen molar-refractivity contribution in [2.24, 2.45) is 0 Å². The minimum atomic E-state index is -0.865. The maximum Gasteiger partial charge on any atom is 0.374 e. The van der Waals surface area contributed by atoms with Gasteiger partial charge in [0, 0.05) is 24.8 Å². The summed E-state index contributed by atoms with van der Waals surface area (Å²) in [7, 11) is 0. The Labute approximate surface area is 204 Å². The number of nitrogens with zero attached hydrogens (tertiary/aromatic N) is 3. The molecule has 3 aromatic rings. The van der Waals surface area contributed by atoms with Crippen LogP contribution >= 0.6 is 0 Å². The Balaban J connectivity index is 1.66. The highest BCUT2D eigenvalue weighted by Gasteiger charge is 2.23. The average Bonchev–Trinajstić information content (AvgIpc) is 3.25. The first kappa shape index (κ1) is 25.9. The van der Waals surface area contributed by atoms with Crippen LogP contribution in [-0.2, 0) is 35.7 Å². The molecule has 1 heterocycles. The molecule has 9 heteroatoms. The van der Waals surface area contributed by atoms with Crippen molar-refractivity contribution in [3.05, 3.63) is 47.5 Å². The molecular formula is C26H31N3O6. The molecule has 35 heavy (non-hydrogen) atoms. The van der Waals surface area contributed by atoms with Gasteiger partial charge in [0.25, 0.3) is 0 Å². The number of Topliss-reactive ketones (excluding diaryl/α,β-unsaturated/α-hetero) is 1. The maximum absolute atomic E-state index is 12.2. The first-order chi connectivity index (χ1) is 16.6. The van der Waals surface area contributed by atoms with Gasteiger partial charge in [0.15, 0.2) is 0 Å². The number of esters is 2. The Morgan fingerprint density at radius 2 is 1.63 bits per heavy atom. The van der Waals surface area contributed by atoms with Crippen molar-refractivity contribution in [2.45, 2.75) is 58.8 Å². The Hall–Kier alpha value is -3.75. The largest absolute Gasteiger partial charge is 0.505 e. The topological polar surface area (TPSA) is 121 Å². The lowest BCUT2D eigenvalue weighted by atomic mass is 9.84.